The molecule has 0 saturated carbocycles. The van der Waals surface area contributed by atoms with Crippen LogP contribution in [0.2, 0.25) is 5.02 Å². The van der Waals surface area contributed by atoms with E-state index in [2.05, 4.69) is 10.3 Å². The highest BCUT2D eigenvalue weighted by molar-refractivity contribution is 6.31. The Bertz CT molecular complexity index is 1290. The van der Waals surface area contributed by atoms with Gasteiger partial charge in [-0.15, -0.1) is 0 Å². The zero-order valence-corrected chi connectivity index (χ0v) is 15.9. The van der Waals surface area contributed by atoms with Crippen LogP contribution in [0.3, 0.4) is 0 Å². The molecule has 2 aromatic carbocycles. The van der Waals surface area contributed by atoms with Crippen molar-refractivity contribution in [3.8, 4) is 0 Å². The van der Waals surface area contributed by atoms with Crippen molar-refractivity contribution in [2.75, 3.05) is 5.32 Å². The summed E-state index contributed by atoms with van der Waals surface area (Å²) in [6, 6.07) is 17.8. The van der Waals surface area contributed by atoms with Crippen LogP contribution >= 0.6 is 11.6 Å². The van der Waals surface area contributed by atoms with Crippen molar-refractivity contribution in [2.24, 2.45) is 0 Å². The number of hydrogen-bond donors (Lipinski definition) is 1. The number of anilines is 1. The molecule has 1 amide bonds. The molecule has 2 aromatic heterocycles. The van der Waals surface area contributed by atoms with Crippen molar-refractivity contribution in [3.05, 3.63) is 105 Å². The topological polar surface area (TPSA) is 64.0 Å². The second-order valence-electron chi connectivity index (χ2n) is 6.42. The van der Waals surface area contributed by atoms with E-state index in [1.54, 1.807) is 60.8 Å². The molecule has 0 radical (unpaired) electrons. The normalized spacial score (nSPS) is 10.8. The Balaban J connectivity index is 1.81. The smallest absolute Gasteiger partial charge is 0.265 e. The van der Waals surface area contributed by atoms with Gasteiger partial charge in [-0.05, 0) is 42.5 Å². The molecule has 0 fully saturated rings. The van der Waals surface area contributed by atoms with Crippen molar-refractivity contribution in [1.82, 2.24) is 9.55 Å². The van der Waals surface area contributed by atoms with Gasteiger partial charge >= 0.3 is 0 Å². The van der Waals surface area contributed by atoms with E-state index in [9.17, 15) is 14.0 Å². The first-order valence-corrected chi connectivity index (χ1v) is 9.19. The van der Waals surface area contributed by atoms with Gasteiger partial charge in [0, 0.05) is 27.9 Å². The van der Waals surface area contributed by atoms with Crippen molar-refractivity contribution in [3.63, 3.8) is 0 Å². The van der Waals surface area contributed by atoms with E-state index in [0.717, 1.165) is 0 Å². The summed E-state index contributed by atoms with van der Waals surface area (Å²) >= 11 is 5.95. The summed E-state index contributed by atoms with van der Waals surface area (Å²) in [5.74, 6) is -1.01. The lowest BCUT2D eigenvalue weighted by Gasteiger charge is -2.13. The molecule has 144 valence electrons. The number of pyridine rings is 2. The second kappa shape index (κ2) is 7.85. The summed E-state index contributed by atoms with van der Waals surface area (Å²) in [6.45, 7) is -0.0443. The fraction of sp³-hybridized carbons (Fsp3) is 0.0455. The van der Waals surface area contributed by atoms with Crippen LogP contribution < -0.4 is 10.9 Å². The Kier molecular flexibility index (Phi) is 5.10. The fourth-order valence-electron chi connectivity index (χ4n) is 3.08. The van der Waals surface area contributed by atoms with E-state index in [4.69, 9.17) is 11.6 Å². The molecule has 0 saturated heterocycles. The Morgan fingerprint density at radius 1 is 1.07 bits per heavy atom. The number of halogens is 2. The summed E-state index contributed by atoms with van der Waals surface area (Å²) in [5, 5.41) is 3.73. The lowest BCUT2D eigenvalue weighted by molar-refractivity contribution is 0.102. The molecular weight excluding hydrogens is 393 g/mol. The maximum absolute atomic E-state index is 14.2. The Labute approximate surface area is 170 Å². The van der Waals surface area contributed by atoms with Crippen LogP contribution in [0.1, 0.15) is 15.9 Å². The maximum atomic E-state index is 14.2. The lowest BCUT2D eigenvalue weighted by atomic mass is 10.1. The molecule has 1 N–H and O–H groups in total. The minimum Gasteiger partial charge on any atom is -0.322 e. The van der Waals surface area contributed by atoms with Gasteiger partial charge in [0.2, 0.25) is 0 Å². The predicted octanol–water partition coefficient (Wildman–Crippen LogP) is 4.49. The van der Waals surface area contributed by atoms with Crippen LogP contribution in [0.25, 0.3) is 11.0 Å². The highest BCUT2D eigenvalue weighted by Gasteiger charge is 2.17. The van der Waals surface area contributed by atoms with Gasteiger partial charge in [0.25, 0.3) is 11.5 Å². The summed E-state index contributed by atoms with van der Waals surface area (Å²) in [6.07, 6.45) is 1.55. The van der Waals surface area contributed by atoms with Gasteiger partial charge in [-0.1, -0.05) is 35.9 Å². The summed E-state index contributed by atoms with van der Waals surface area (Å²) in [7, 11) is 0. The molecule has 0 aliphatic heterocycles. The fourth-order valence-corrected chi connectivity index (χ4v) is 3.27. The minimum atomic E-state index is -0.578. The van der Waals surface area contributed by atoms with Gasteiger partial charge in [0.05, 0.1) is 6.54 Å². The third kappa shape index (κ3) is 3.88. The van der Waals surface area contributed by atoms with E-state index in [1.807, 2.05) is 0 Å². The van der Waals surface area contributed by atoms with Crippen LogP contribution in [-0.4, -0.2) is 15.5 Å². The predicted molar refractivity (Wildman–Crippen MR) is 111 cm³/mol. The third-order valence-electron chi connectivity index (χ3n) is 4.46. The molecule has 4 aromatic rings. The molecule has 29 heavy (non-hydrogen) atoms. The first-order chi connectivity index (χ1) is 14.0. The highest BCUT2D eigenvalue weighted by atomic mass is 35.5. The Morgan fingerprint density at radius 2 is 1.90 bits per heavy atom. The van der Waals surface area contributed by atoms with Gasteiger partial charge in [-0.25, -0.2) is 9.37 Å². The Morgan fingerprint density at radius 3 is 2.69 bits per heavy atom. The van der Waals surface area contributed by atoms with Crippen molar-refractivity contribution < 1.29 is 9.18 Å². The maximum Gasteiger partial charge on any atom is 0.265 e. The molecule has 0 bridgehead atoms. The molecule has 2 heterocycles. The van der Waals surface area contributed by atoms with E-state index in [-0.39, 0.29) is 12.1 Å². The zero-order chi connectivity index (χ0) is 20.4. The molecule has 5 nitrogen and oxygen atoms in total. The molecule has 0 spiro atoms. The third-order valence-corrected chi connectivity index (χ3v) is 4.70. The molecule has 0 atom stereocenters. The van der Waals surface area contributed by atoms with Gasteiger partial charge < -0.3 is 5.32 Å². The molecule has 7 heteroatoms. The number of rotatable bonds is 4. The molecule has 0 aliphatic carbocycles. The van der Waals surface area contributed by atoms with Gasteiger partial charge in [0.1, 0.15) is 17.0 Å². The average molecular weight is 408 g/mol. The van der Waals surface area contributed by atoms with Gasteiger partial charge in [0.15, 0.2) is 0 Å². The van der Waals surface area contributed by atoms with Crippen LogP contribution in [-0.2, 0) is 6.54 Å². The monoisotopic (exact) mass is 407 g/mol. The number of carbonyl (C=O) groups is 1. The molecule has 4 rings (SSSR count). The van der Waals surface area contributed by atoms with Crippen molar-refractivity contribution >= 4 is 34.2 Å². The van der Waals surface area contributed by atoms with Gasteiger partial charge in [-0.3, -0.25) is 14.2 Å². The number of hydrogen-bond acceptors (Lipinski definition) is 3. The highest BCUT2D eigenvalue weighted by Crippen LogP contribution is 2.18. The van der Waals surface area contributed by atoms with E-state index in [1.165, 1.54) is 16.7 Å². The van der Waals surface area contributed by atoms with E-state index in [0.29, 0.717) is 27.3 Å². The summed E-state index contributed by atoms with van der Waals surface area (Å²) in [5.41, 5.74) is 0.545. The summed E-state index contributed by atoms with van der Waals surface area (Å²) in [4.78, 5) is 30.2. The van der Waals surface area contributed by atoms with Crippen LogP contribution in [0.4, 0.5) is 10.1 Å². The number of nitrogens with one attached hydrogen (secondary N) is 1. The first-order valence-electron chi connectivity index (χ1n) is 8.82. The number of carbonyl (C=O) groups excluding carboxylic acids is 1. The zero-order valence-electron chi connectivity index (χ0n) is 15.1. The van der Waals surface area contributed by atoms with Crippen molar-refractivity contribution in [1.29, 1.82) is 0 Å². The average Bonchev–Trinajstić information content (AvgIpc) is 2.71. The first kappa shape index (κ1) is 18.8. The largest absolute Gasteiger partial charge is 0.322 e. The van der Waals surface area contributed by atoms with Gasteiger partial charge in [-0.2, -0.15) is 0 Å². The molecule has 0 unspecified atom stereocenters. The number of benzene rings is 2. The van der Waals surface area contributed by atoms with Crippen LogP contribution in [0, 0.1) is 5.82 Å². The minimum absolute atomic E-state index is 0.0443. The van der Waals surface area contributed by atoms with E-state index < -0.39 is 17.3 Å². The van der Waals surface area contributed by atoms with Crippen molar-refractivity contribution in [2.45, 2.75) is 6.54 Å². The van der Waals surface area contributed by atoms with Crippen LogP contribution in [0.5, 0.6) is 0 Å². The standard InChI is InChI=1S/C22H15ClFN3O2/c23-16-7-3-8-17(12-16)26-21(28)18-11-14-6-4-10-25-20(14)27(22(18)29)13-15-5-1-2-9-19(15)24/h1-12H,13H2,(H,26,28). The number of fused-ring (bicyclic) bond motifs is 1. The molecule has 0 aliphatic rings. The quantitative estimate of drug-likeness (QED) is 0.542. The summed E-state index contributed by atoms with van der Waals surface area (Å²) < 4.78 is 15.5. The number of aromatic nitrogens is 2. The number of amides is 1. The van der Waals surface area contributed by atoms with Crippen LogP contribution in [0.15, 0.2) is 77.7 Å². The second-order valence-corrected chi connectivity index (χ2v) is 6.86. The lowest BCUT2D eigenvalue weighted by Crippen LogP contribution is -2.30. The molecular formula is C22H15ClFN3O2. The number of nitrogens with zero attached hydrogens (tertiary/aromatic N) is 2. The van der Waals surface area contributed by atoms with E-state index >= 15 is 0 Å². The SMILES string of the molecule is O=C(Nc1cccc(Cl)c1)c1cc2cccnc2n(Cc2ccccc2F)c1=O. The Hall–Kier alpha value is -3.51.